The summed E-state index contributed by atoms with van der Waals surface area (Å²) in [6, 6.07) is 0.912. The highest BCUT2D eigenvalue weighted by Crippen LogP contribution is 2.34. The number of fused-ring (bicyclic) bond motifs is 1. The van der Waals surface area contributed by atoms with E-state index in [1.54, 1.807) is 0 Å². The van der Waals surface area contributed by atoms with Gasteiger partial charge < -0.3 is 18.6 Å². The average molecular weight is 516 g/mol. The van der Waals surface area contributed by atoms with Gasteiger partial charge in [-0.3, -0.25) is 0 Å². The van der Waals surface area contributed by atoms with Crippen LogP contribution in [0.2, 0.25) is 5.22 Å². The number of oxazole rings is 1. The number of morpholine rings is 1. The molecule has 0 radical (unpaired) electrons. The van der Waals surface area contributed by atoms with Crippen LogP contribution in [0.3, 0.4) is 0 Å². The van der Waals surface area contributed by atoms with Gasteiger partial charge in [0.2, 0.25) is 5.22 Å². The molecule has 1 aliphatic rings. The summed E-state index contributed by atoms with van der Waals surface area (Å²) < 4.78 is 14.4. The Bertz CT molecular complexity index is 992. The van der Waals surface area contributed by atoms with E-state index in [9.17, 15) is 0 Å². The second-order valence-corrected chi connectivity index (χ2v) is 8.21. The number of ether oxygens (including phenoxy) is 1. The fourth-order valence-electron chi connectivity index (χ4n) is 3.49. The average Bonchev–Trinajstić information content (AvgIpc) is 3.23. The Kier molecular flexibility index (Phi) is 5.80. The molecule has 1 saturated heterocycles. The maximum atomic E-state index is 6.40. The summed E-state index contributed by atoms with van der Waals surface area (Å²) in [5, 5.41) is 0.244. The SMILES string of the molecule is CCC(CI)n1cc(C)c2nc(-c3nc(N4CCOCC4)oc3Cl)c(C)nc21. The number of alkyl halides is 1. The minimum absolute atomic E-state index is 0.244. The molecule has 0 amide bonds. The summed E-state index contributed by atoms with van der Waals surface area (Å²) in [5.41, 5.74) is 4.90. The molecule has 1 aliphatic heterocycles. The summed E-state index contributed by atoms with van der Waals surface area (Å²) in [7, 11) is 0. The molecule has 1 unspecified atom stereocenters. The van der Waals surface area contributed by atoms with Crippen molar-refractivity contribution in [3.8, 4) is 11.4 Å². The van der Waals surface area contributed by atoms with E-state index in [0.717, 1.165) is 46.4 Å². The van der Waals surface area contributed by atoms with Crippen LogP contribution in [0.5, 0.6) is 0 Å². The van der Waals surface area contributed by atoms with Crippen LogP contribution in [0.25, 0.3) is 22.6 Å². The van der Waals surface area contributed by atoms with Crippen molar-refractivity contribution in [3.05, 3.63) is 22.7 Å². The van der Waals surface area contributed by atoms with Gasteiger partial charge in [-0.1, -0.05) is 29.5 Å². The summed E-state index contributed by atoms with van der Waals surface area (Å²) in [6.45, 7) is 8.98. The van der Waals surface area contributed by atoms with Crippen LogP contribution < -0.4 is 4.90 Å². The van der Waals surface area contributed by atoms with E-state index in [0.29, 0.717) is 36.7 Å². The van der Waals surface area contributed by atoms with Crippen molar-refractivity contribution in [2.75, 3.05) is 35.6 Å². The van der Waals surface area contributed by atoms with Crippen LogP contribution in [0.1, 0.15) is 30.6 Å². The van der Waals surface area contributed by atoms with E-state index >= 15 is 0 Å². The molecule has 0 aliphatic carbocycles. The van der Waals surface area contributed by atoms with Crippen molar-refractivity contribution >= 4 is 51.4 Å². The topological polar surface area (TPSA) is 69.2 Å². The molecule has 4 heterocycles. The van der Waals surface area contributed by atoms with Gasteiger partial charge in [-0.25, -0.2) is 9.97 Å². The van der Waals surface area contributed by atoms with E-state index in [1.807, 2.05) is 11.8 Å². The largest absolute Gasteiger partial charge is 0.411 e. The first kappa shape index (κ1) is 19.9. The molecular formula is C19H23ClIN5O2. The zero-order valence-electron chi connectivity index (χ0n) is 16.2. The number of hydrogen-bond acceptors (Lipinski definition) is 6. The van der Waals surface area contributed by atoms with Crippen LogP contribution in [-0.2, 0) is 4.74 Å². The highest BCUT2D eigenvalue weighted by molar-refractivity contribution is 14.1. The van der Waals surface area contributed by atoms with Gasteiger partial charge in [0.15, 0.2) is 11.3 Å². The molecule has 3 aromatic rings. The Morgan fingerprint density at radius 3 is 2.61 bits per heavy atom. The van der Waals surface area contributed by atoms with Crippen LogP contribution in [0, 0.1) is 13.8 Å². The standard InChI is InChI=1S/C19H23ClIN5O2/c1-4-13(9-21)26-10-11(2)14-18(26)22-12(3)15(23-14)16-17(20)28-19(24-16)25-5-7-27-8-6-25/h10,13H,4-9H2,1-3H3. The fraction of sp³-hybridized carbons (Fsp3) is 0.526. The van der Waals surface area contributed by atoms with Crippen molar-refractivity contribution in [2.24, 2.45) is 0 Å². The summed E-state index contributed by atoms with van der Waals surface area (Å²) >= 11 is 8.83. The van der Waals surface area contributed by atoms with Crippen molar-refractivity contribution in [1.82, 2.24) is 19.5 Å². The predicted octanol–water partition coefficient (Wildman–Crippen LogP) is 4.58. The molecule has 4 rings (SSSR count). The molecular weight excluding hydrogens is 493 g/mol. The second kappa shape index (κ2) is 8.16. The fourth-order valence-corrected chi connectivity index (χ4v) is 4.74. The van der Waals surface area contributed by atoms with Gasteiger partial charge in [0.25, 0.3) is 6.01 Å². The van der Waals surface area contributed by atoms with E-state index < -0.39 is 0 Å². The Morgan fingerprint density at radius 1 is 1.18 bits per heavy atom. The zero-order valence-corrected chi connectivity index (χ0v) is 19.1. The first-order valence-corrected chi connectivity index (χ1v) is 11.3. The van der Waals surface area contributed by atoms with E-state index in [1.165, 1.54) is 0 Å². The summed E-state index contributed by atoms with van der Waals surface area (Å²) in [4.78, 5) is 16.4. The van der Waals surface area contributed by atoms with E-state index in [-0.39, 0.29) is 5.22 Å². The summed E-state index contributed by atoms with van der Waals surface area (Å²) in [6.07, 6.45) is 3.19. The van der Waals surface area contributed by atoms with Crippen molar-refractivity contribution in [2.45, 2.75) is 33.2 Å². The molecule has 150 valence electrons. The number of anilines is 1. The lowest BCUT2D eigenvalue weighted by atomic mass is 10.2. The molecule has 1 atom stereocenters. The Balaban J connectivity index is 1.78. The van der Waals surface area contributed by atoms with E-state index in [4.69, 9.17) is 30.7 Å². The van der Waals surface area contributed by atoms with Crippen LogP contribution in [0.15, 0.2) is 10.6 Å². The van der Waals surface area contributed by atoms with Crippen molar-refractivity contribution < 1.29 is 9.15 Å². The quantitative estimate of drug-likeness (QED) is 0.366. The van der Waals surface area contributed by atoms with Crippen molar-refractivity contribution in [1.29, 1.82) is 0 Å². The number of hydrogen-bond donors (Lipinski definition) is 0. The Labute approximate surface area is 182 Å². The minimum Gasteiger partial charge on any atom is -0.411 e. The lowest BCUT2D eigenvalue weighted by molar-refractivity contribution is 0.120. The molecule has 3 aromatic heterocycles. The monoisotopic (exact) mass is 515 g/mol. The first-order valence-electron chi connectivity index (χ1n) is 9.44. The highest BCUT2D eigenvalue weighted by atomic mass is 127. The zero-order chi connectivity index (χ0) is 19.8. The van der Waals surface area contributed by atoms with Crippen LogP contribution >= 0.6 is 34.2 Å². The Morgan fingerprint density at radius 2 is 1.93 bits per heavy atom. The smallest absolute Gasteiger partial charge is 0.299 e. The number of aromatic nitrogens is 4. The lowest BCUT2D eigenvalue weighted by Crippen LogP contribution is -2.36. The molecule has 0 N–H and O–H groups in total. The van der Waals surface area contributed by atoms with Gasteiger partial charge in [0, 0.05) is 29.8 Å². The maximum absolute atomic E-state index is 6.40. The second-order valence-electron chi connectivity index (χ2n) is 6.98. The Hall–Kier alpha value is -1.39. The third-order valence-electron chi connectivity index (χ3n) is 5.13. The van der Waals surface area contributed by atoms with Gasteiger partial charge in [0.05, 0.1) is 18.9 Å². The van der Waals surface area contributed by atoms with Crippen LogP contribution in [0.4, 0.5) is 6.01 Å². The normalized spacial score (nSPS) is 16.1. The number of halogens is 2. The summed E-state index contributed by atoms with van der Waals surface area (Å²) in [5.74, 6) is 0. The highest BCUT2D eigenvalue weighted by Gasteiger charge is 2.24. The van der Waals surface area contributed by atoms with Gasteiger partial charge in [-0.15, -0.1) is 0 Å². The maximum Gasteiger partial charge on any atom is 0.299 e. The van der Waals surface area contributed by atoms with Gasteiger partial charge in [-0.05, 0) is 37.4 Å². The third-order valence-corrected chi connectivity index (χ3v) is 6.40. The number of rotatable bonds is 5. The lowest BCUT2D eigenvalue weighted by Gasteiger charge is -2.24. The minimum atomic E-state index is 0.244. The molecule has 9 heteroatoms. The van der Waals surface area contributed by atoms with Gasteiger partial charge in [0.1, 0.15) is 11.2 Å². The molecule has 28 heavy (non-hydrogen) atoms. The van der Waals surface area contributed by atoms with Crippen molar-refractivity contribution in [3.63, 3.8) is 0 Å². The molecule has 0 spiro atoms. The van der Waals surface area contributed by atoms with Crippen LogP contribution in [-0.4, -0.2) is 50.2 Å². The number of aryl methyl sites for hydroxylation is 2. The molecule has 1 fully saturated rings. The van der Waals surface area contributed by atoms with E-state index in [2.05, 4.69) is 52.2 Å². The molecule has 7 nitrogen and oxygen atoms in total. The number of nitrogens with zero attached hydrogens (tertiary/aromatic N) is 5. The third kappa shape index (κ3) is 3.50. The molecule has 0 aromatic carbocycles. The van der Waals surface area contributed by atoms with Gasteiger partial charge >= 0.3 is 0 Å². The predicted molar refractivity (Wildman–Crippen MR) is 119 cm³/mol. The van der Waals surface area contributed by atoms with Gasteiger partial charge in [-0.2, -0.15) is 4.98 Å². The molecule has 0 saturated carbocycles. The molecule has 0 bridgehead atoms. The first-order chi connectivity index (χ1) is 13.5.